The minimum absolute atomic E-state index is 0.309. The highest BCUT2D eigenvalue weighted by Crippen LogP contribution is 2.26. The van der Waals surface area contributed by atoms with Crippen molar-refractivity contribution in [3.05, 3.63) is 90.8 Å². The first kappa shape index (κ1) is 27.2. The lowest BCUT2D eigenvalue weighted by Crippen LogP contribution is -2.14. The molecule has 0 aliphatic heterocycles. The minimum atomic E-state index is -4.07. The zero-order chi connectivity index (χ0) is 28.3. The number of nitrogens with zero attached hydrogens (tertiary/aromatic N) is 5. The van der Waals surface area contributed by atoms with Gasteiger partial charge in [0, 0.05) is 29.5 Å². The van der Waals surface area contributed by atoms with Crippen molar-refractivity contribution in [3.63, 3.8) is 0 Å². The van der Waals surface area contributed by atoms with Gasteiger partial charge < -0.3 is 14.8 Å². The number of hydrogen-bond acceptors (Lipinski definition) is 7. The summed E-state index contributed by atoms with van der Waals surface area (Å²) in [4.78, 5) is 15.1. The van der Waals surface area contributed by atoms with Crippen LogP contribution in [0.25, 0.3) is 22.3 Å². The van der Waals surface area contributed by atoms with Gasteiger partial charge in [0.25, 0.3) is 10.0 Å². The summed E-state index contributed by atoms with van der Waals surface area (Å²) < 4.78 is 44.1. The Hall–Kier alpha value is -4.35. The fourth-order valence-electron chi connectivity index (χ4n) is 4.35. The smallest absolute Gasteiger partial charge is 0.264 e. The number of benzene rings is 3. The third-order valence-corrected chi connectivity index (χ3v) is 7.79. The molecule has 9 nitrogen and oxygen atoms in total. The molecule has 206 valence electrons. The summed E-state index contributed by atoms with van der Waals surface area (Å²) in [6.07, 6.45) is 4.40. The van der Waals surface area contributed by atoms with E-state index in [0.717, 1.165) is 41.8 Å². The maximum absolute atomic E-state index is 14.2. The topological polar surface area (TPSA) is 105 Å². The second-order valence-electron chi connectivity index (χ2n) is 9.83. The van der Waals surface area contributed by atoms with Crippen LogP contribution in [0, 0.1) is 12.7 Å². The quantitative estimate of drug-likeness (QED) is 0.235. The molecular weight excluding hydrogens is 529 g/mol. The van der Waals surface area contributed by atoms with Crippen LogP contribution >= 0.6 is 0 Å². The Morgan fingerprint density at radius 2 is 1.70 bits per heavy atom. The molecule has 11 heteroatoms. The number of nitrogens with one attached hydrogen (secondary N) is 2. The fraction of sp³-hybridized carbons (Fsp3) is 0.207. The van der Waals surface area contributed by atoms with Gasteiger partial charge in [-0.25, -0.2) is 27.8 Å². The molecule has 0 bridgehead atoms. The van der Waals surface area contributed by atoms with Gasteiger partial charge in [0.15, 0.2) is 0 Å². The summed E-state index contributed by atoms with van der Waals surface area (Å²) in [7, 11) is 0.0711. The van der Waals surface area contributed by atoms with Gasteiger partial charge in [0.1, 0.15) is 22.9 Å². The van der Waals surface area contributed by atoms with Gasteiger partial charge in [-0.1, -0.05) is 12.1 Å². The van der Waals surface area contributed by atoms with Gasteiger partial charge in [-0.15, -0.1) is 0 Å². The summed E-state index contributed by atoms with van der Waals surface area (Å²) in [6.45, 7) is 3.61. The second kappa shape index (κ2) is 11.4. The van der Waals surface area contributed by atoms with E-state index < -0.39 is 20.7 Å². The average Bonchev–Trinajstić information content (AvgIpc) is 3.31. The van der Waals surface area contributed by atoms with E-state index in [2.05, 4.69) is 54.6 Å². The molecule has 0 amide bonds. The highest BCUT2D eigenvalue weighted by Gasteiger charge is 2.19. The van der Waals surface area contributed by atoms with Crippen molar-refractivity contribution in [3.8, 4) is 11.3 Å². The summed E-state index contributed by atoms with van der Waals surface area (Å²) in [6, 6.07) is 18.5. The van der Waals surface area contributed by atoms with Crippen molar-refractivity contribution >= 4 is 38.2 Å². The number of hydrogen-bond donors (Lipinski definition) is 2. The Bertz CT molecular complexity index is 1750. The lowest BCUT2D eigenvalue weighted by atomic mass is 10.1. The number of halogens is 1. The Balaban J connectivity index is 1.27. The molecule has 2 heterocycles. The van der Waals surface area contributed by atoms with E-state index in [9.17, 15) is 12.8 Å². The third kappa shape index (κ3) is 6.27. The monoisotopic (exact) mass is 559 g/mol. The van der Waals surface area contributed by atoms with Crippen LogP contribution in [0.2, 0.25) is 0 Å². The van der Waals surface area contributed by atoms with Crippen LogP contribution in [-0.4, -0.2) is 53.5 Å². The van der Waals surface area contributed by atoms with Crippen molar-refractivity contribution in [2.45, 2.75) is 24.8 Å². The number of aromatic nitrogens is 4. The van der Waals surface area contributed by atoms with Crippen LogP contribution in [0.4, 0.5) is 21.6 Å². The van der Waals surface area contributed by atoms with E-state index >= 15 is 0 Å². The van der Waals surface area contributed by atoms with Gasteiger partial charge >= 0.3 is 0 Å². The molecule has 0 fully saturated rings. The van der Waals surface area contributed by atoms with Crippen molar-refractivity contribution in [2.24, 2.45) is 0 Å². The molecule has 0 spiro atoms. The van der Waals surface area contributed by atoms with Gasteiger partial charge in [0.2, 0.25) is 0 Å². The zero-order valence-corrected chi connectivity index (χ0v) is 23.3. The maximum Gasteiger partial charge on any atom is 0.264 e. The normalized spacial score (nSPS) is 11.7. The molecule has 0 aliphatic rings. The predicted molar refractivity (Wildman–Crippen MR) is 156 cm³/mol. The highest BCUT2D eigenvalue weighted by molar-refractivity contribution is 7.92. The van der Waals surface area contributed by atoms with Crippen LogP contribution in [-0.2, 0) is 16.6 Å². The summed E-state index contributed by atoms with van der Waals surface area (Å²) in [5, 5.41) is 3.21. The van der Waals surface area contributed by atoms with E-state index in [1.54, 1.807) is 37.3 Å². The Kier molecular flexibility index (Phi) is 7.76. The molecule has 2 N–H and O–H groups in total. The lowest BCUT2D eigenvalue weighted by Gasteiger charge is -2.11. The van der Waals surface area contributed by atoms with Crippen molar-refractivity contribution in [1.82, 2.24) is 24.4 Å². The van der Waals surface area contributed by atoms with Gasteiger partial charge in [-0.2, -0.15) is 0 Å². The Labute approximate surface area is 232 Å². The van der Waals surface area contributed by atoms with Crippen LogP contribution in [0.1, 0.15) is 12.0 Å². The van der Waals surface area contributed by atoms with E-state index in [1.165, 1.54) is 18.5 Å². The fourth-order valence-corrected chi connectivity index (χ4v) is 5.46. The number of rotatable bonds is 10. The van der Waals surface area contributed by atoms with E-state index in [0.29, 0.717) is 22.8 Å². The highest BCUT2D eigenvalue weighted by atomic mass is 32.2. The van der Waals surface area contributed by atoms with E-state index in [1.807, 2.05) is 24.5 Å². The van der Waals surface area contributed by atoms with E-state index in [-0.39, 0.29) is 0 Å². The molecule has 0 radical (unpaired) electrons. The van der Waals surface area contributed by atoms with Gasteiger partial charge in [-0.05, 0) is 88.1 Å². The number of aryl methyl sites for hydroxylation is 2. The number of fused-ring (bicyclic) bond motifs is 1. The third-order valence-electron chi connectivity index (χ3n) is 6.37. The van der Waals surface area contributed by atoms with Gasteiger partial charge in [-0.3, -0.25) is 4.72 Å². The molecule has 0 atom stereocenters. The number of anilines is 3. The average molecular weight is 560 g/mol. The Morgan fingerprint density at radius 1 is 0.925 bits per heavy atom. The zero-order valence-electron chi connectivity index (χ0n) is 22.5. The largest absolute Gasteiger partial charge is 0.340 e. The second-order valence-corrected chi connectivity index (χ2v) is 11.5. The SMILES string of the molecule is Cc1ccc(S(=O)(=O)Nc2ccc(Nc3cc(-c4ccc5c(c4)ncn5CCCN(C)C)ncn3)cc2)c(F)c1. The lowest BCUT2D eigenvalue weighted by molar-refractivity contribution is 0.387. The van der Waals surface area contributed by atoms with Crippen molar-refractivity contribution in [2.75, 3.05) is 30.7 Å². The number of sulfonamides is 1. The van der Waals surface area contributed by atoms with Gasteiger partial charge in [0.05, 0.1) is 23.1 Å². The minimum Gasteiger partial charge on any atom is -0.340 e. The Morgan fingerprint density at radius 3 is 2.45 bits per heavy atom. The molecule has 3 aromatic carbocycles. The number of imidazole rings is 1. The van der Waals surface area contributed by atoms with Crippen LogP contribution in [0.3, 0.4) is 0 Å². The molecule has 5 aromatic rings. The van der Waals surface area contributed by atoms with Crippen LogP contribution in [0.5, 0.6) is 0 Å². The van der Waals surface area contributed by atoms with Crippen molar-refractivity contribution in [1.29, 1.82) is 0 Å². The first-order chi connectivity index (χ1) is 19.2. The van der Waals surface area contributed by atoms with Crippen molar-refractivity contribution < 1.29 is 12.8 Å². The van der Waals surface area contributed by atoms with Crippen LogP contribution < -0.4 is 10.0 Å². The molecule has 0 aliphatic carbocycles. The predicted octanol–water partition coefficient (Wildman–Crippen LogP) is 5.44. The maximum atomic E-state index is 14.2. The standard InChI is InChI=1S/C29H30FN7O2S/c1-20-5-12-28(24(30)15-20)40(38,39)35-23-9-7-22(8-10-23)34-29-17-25(31-18-32-29)21-6-11-27-26(16-21)33-19-37(27)14-4-13-36(2)3/h5-12,15-19,35H,4,13-14H2,1-3H3,(H,31,32,34). The van der Waals surface area contributed by atoms with E-state index in [4.69, 9.17) is 0 Å². The first-order valence-electron chi connectivity index (χ1n) is 12.8. The molecule has 5 rings (SSSR count). The molecule has 2 aromatic heterocycles. The summed E-state index contributed by atoms with van der Waals surface area (Å²) in [5.41, 5.74) is 5.29. The summed E-state index contributed by atoms with van der Waals surface area (Å²) in [5.74, 6) is -0.216. The summed E-state index contributed by atoms with van der Waals surface area (Å²) >= 11 is 0. The first-order valence-corrected chi connectivity index (χ1v) is 14.2. The molecule has 0 saturated carbocycles. The molecule has 40 heavy (non-hydrogen) atoms. The molecule has 0 saturated heterocycles. The molecular formula is C29H30FN7O2S. The van der Waals surface area contributed by atoms with Crippen LogP contribution in [0.15, 0.2) is 84.3 Å². The molecule has 0 unspecified atom stereocenters.